The largest absolute Gasteiger partial charge is 0.311 e. The predicted molar refractivity (Wildman–Crippen MR) is 465 cm³/mol. The average molecular weight is 1400 g/mol. The molecule has 23 aromatic rings. The van der Waals surface area contributed by atoms with E-state index in [0.717, 1.165) is 39.8 Å². The molecule has 514 valence electrons. The maximum atomic E-state index is 2.47. The number of hydrogen-bond donors (Lipinski definition) is 0. The number of aromatic nitrogens is 5. The lowest BCUT2D eigenvalue weighted by Gasteiger charge is -2.25. The van der Waals surface area contributed by atoms with Crippen LogP contribution in [0, 0.1) is 0 Å². The molecule has 110 heavy (non-hydrogen) atoms. The highest BCUT2D eigenvalue weighted by Gasteiger charge is 2.22. The molecule has 0 aliphatic heterocycles. The Kier molecular flexibility index (Phi) is 14.5. The van der Waals surface area contributed by atoms with E-state index in [1.165, 1.54) is 159 Å². The normalized spacial score (nSPS) is 11.8. The second-order valence-electron chi connectivity index (χ2n) is 28.7. The molecule has 5 aromatic heterocycles. The molecule has 0 aliphatic rings. The fourth-order valence-corrected chi connectivity index (χ4v) is 17.8. The van der Waals surface area contributed by atoms with E-state index >= 15 is 0 Å². The molecule has 23 rings (SSSR count). The van der Waals surface area contributed by atoms with E-state index in [1.807, 2.05) is 0 Å². The topological polar surface area (TPSA) is 27.9 Å². The molecule has 0 fully saturated rings. The number of benzene rings is 18. The van der Waals surface area contributed by atoms with Crippen molar-refractivity contribution < 1.29 is 0 Å². The molecule has 0 N–H and O–H groups in total. The third kappa shape index (κ3) is 10.0. The molecule has 0 saturated heterocycles. The van der Waals surface area contributed by atoms with E-state index in [9.17, 15) is 0 Å². The molecule has 0 atom stereocenters. The number of para-hydroxylation sites is 9. The van der Waals surface area contributed by atoms with Crippen LogP contribution in [0.4, 0.5) is 17.1 Å². The summed E-state index contributed by atoms with van der Waals surface area (Å²) in [5, 5.41) is 17.6. The van der Waals surface area contributed by atoms with Crippen LogP contribution < -0.4 is 4.90 Å². The van der Waals surface area contributed by atoms with Crippen LogP contribution in [0.5, 0.6) is 0 Å². The molecule has 6 heteroatoms. The van der Waals surface area contributed by atoms with E-state index in [4.69, 9.17) is 0 Å². The Morgan fingerprint density at radius 1 is 0.145 bits per heavy atom. The maximum Gasteiger partial charge on any atom is 0.0546 e. The predicted octanol–water partition coefficient (Wildman–Crippen LogP) is 28.0. The standard InChI is InChI=1S/C56H35N3.C48H33N3/c1-2-17-41-38(14-1)34-56(43-19-4-3-18-42(41)43)59-53-27-12-8-23-47(53)49-33-37(29-31-55(49)59)36-28-30-54-48(32-36)46-22-7-11-26-52(46)58(54)40-16-13-15-39(35-40)57-50-24-9-5-20-44(50)45-21-6-10-25-51(45)57;1-3-14-36(15-4-1)49(37-16-5-2-6-17-37)38-29-26-34(27-30-38)35-28-31-48-44(32-35)43-22-9-12-25-47(43)51(48)40-19-13-18-39(33-40)50-45-23-10-7-20-41(45)42-21-8-11-24-46(42)50/h1-35H;1-33H. The first-order valence-electron chi connectivity index (χ1n) is 37.8. The van der Waals surface area contributed by atoms with Crippen molar-refractivity contribution in [2.75, 3.05) is 4.90 Å². The maximum absolute atomic E-state index is 2.47. The van der Waals surface area contributed by atoms with Crippen molar-refractivity contribution in [1.29, 1.82) is 0 Å². The van der Waals surface area contributed by atoms with Crippen LogP contribution in [0.25, 0.3) is 181 Å². The molecule has 0 amide bonds. The van der Waals surface area contributed by atoms with Gasteiger partial charge in [0.1, 0.15) is 0 Å². The highest BCUT2D eigenvalue weighted by atomic mass is 15.1. The van der Waals surface area contributed by atoms with Gasteiger partial charge in [-0.3, -0.25) is 0 Å². The second-order valence-corrected chi connectivity index (χ2v) is 28.7. The summed E-state index contributed by atoms with van der Waals surface area (Å²) >= 11 is 0. The van der Waals surface area contributed by atoms with Gasteiger partial charge in [0.25, 0.3) is 0 Å². The summed E-state index contributed by atoms with van der Waals surface area (Å²) in [6, 6.07) is 150. The van der Waals surface area contributed by atoms with Crippen molar-refractivity contribution in [1.82, 2.24) is 22.8 Å². The molecule has 6 nitrogen and oxygen atoms in total. The van der Waals surface area contributed by atoms with Gasteiger partial charge in [-0.1, -0.05) is 255 Å². The number of anilines is 3. The fourth-order valence-electron chi connectivity index (χ4n) is 17.8. The zero-order valence-corrected chi connectivity index (χ0v) is 59.9. The summed E-state index contributed by atoms with van der Waals surface area (Å²) < 4.78 is 12.1. The first-order valence-corrected chi connectivity index (χ1v) is 37.8. The molecule has 0 saturated carbocycles. The van der Waals surface area contributed by atoms with Gasteiger partial charge in [-0.2, -0.15) is 0 Å². The zero-order valence-electron chi connectivity index (χ0n) is 59.9. The third-order valence-electron chi connectivity index (χ3n) is 22.7. The molecule has 0 bridgehead atoms. The minimum atomic E-state index is 1.12. The fraction of sp³-hybridized carbons (Fsp3) is 0. The van der Waals surface area contributed by atoms with Gasteiger partial charge in [-0.05, 0) is 196 Å². The Bertz CT molecular complexity index is 7450. The molecular formula is C104H68N6. The van der Waals surface area contributed by atoms with Gasteiger partial charge in [0.15, 0.2) is 0 Å². The summed E-state index contributed by atoms with van der Waals surface area (Å²) in [6.07, 6.45) is 0. The van der Waals surface area contributed by atoms with Gasteiger partial charge in [0.05, 0.1) is 60.9 Å². The summed E-state index contributed by atoms with van der Waals surface area (Å²) in [7, 11) is 0. The number of fused-ring (bicyclic) bond motifs is 18. The van der Waals surface area contributed by atoms with E-state index < -0.39 is 0 Å². The van der Waals surface area contributed by atoms with Crippen molar-refractivity contribution in [3.8, 4) is 50.7 Å². The van der Waals surface area contributed by atoms with E-state index in [1.54, 1.807) is 0 Å². The summed E-state index contributed by atoms with van der Waals surface area (Å²) in [5.41, 5.74) is 26.0. The first-order chi connectivity index (χ1) is 54.6. The van der Waals surface area contributed by atoms with Crippen LogP contribution in [0.3, 0.4) is 0 Å². The lowest BCUT2D eigenvalue weighted by atomic mass is 9.99. The van der Waals surface area contributed by atoms with Gasteiger partial charge in [0.2, 0.25) is 0 Å². The van der Waals surface area contributed by atoms with Gasteiger partial charge in [-0.15, -0.1) is 0 Å². The summed E-state index contributed by atoms with van der Waals surface area (Å²) in [5.74, 6) is 0. The van der Waals surface area contributed by atoms with Crippen LogP contribution >= 0.6 is 0 Å². The molecular weight excluding hydrogens is 1330 g/mol. The van der Waals surface area contributed by atoms with Crippen LogP contribution in [0.15, 0.2) is 413 Å². The van der Waals surface area contributed by atoms with E-state index in [-0.39, 0.29) is 0 Å². The third-order valence-corrected chi connectivity index (χ3v) is 22.7. The Morgan fingerprint density at radius 3 is 0.791 bits per heavy atom. The molecule has 18 aromatic carbocycles. The van der Waals surface area contributed by atoms with Crippen molar-refractivity contribution in [2.24, 2.45) is 0 Å². The quantitative estimate of drug-likeness (QED) is 0.125. The monoisotopic (exact) mass is 1400 g/mol. The Labute approximate surface area is 634 Å². The van der Waals surface area contributed by atoms with Crippen LogP contribution in [-0.4, -0.2) is 22.8 Å². The second kappa shape index (κ2) is 25.5. The Hall–Kier alpha value is -14.7. The van der Waals surface area contributed by atoms with Crippen molar-refractivity contribution in [2.45, 2.75) is 0 Å². The van der Waals surface area contributed by atoms with Gasteiger partial charge in [-0.25, -0.2) is 0 Å². The lowest BCUT2D eigenvalue weighted by Crippen LogP contribution is -2.09. The molecule has 0 aliphatic carbocycles. The highest BCUT2D eigenvalue weighted by Crippen LogP contribution is 2.44. The van der Waals surface area contributed by atoms with E-state index in [0.29, 0.717) is 0 Å². The minimum absolute atomic E-state index is 1.12. The summed E-state index contributed by atoms with van der Waals surface area (Å²) in [4.78, 5) is 2.30. The molecule has 5 heterocycles. The SMILES string of the molecule is c1cc(-n2c3ccccc3c3ccccc32)cc(-n2c3ccccc3c3cc(-c4ccc5c(c4)c4ccccc4n5-c4cc5ccccc5c5ccccc45)ccc32)c1.c1ccc(N(c2ccccc2)c2ccc(-c3ccc4c(c3)c3ccccc3n4-c3cccc(-n4c5ccccc5c5ccccc54)c3)cc2)cc1. The van der Waals surface area contributed by atoms with Crippen LogP contribution in [-0.2, 0) is 0 Å². The lowest BCUT2D eigenvalue weighted by molar-refractivity contribution is 1.13. The number of nitrogens with zero attached hydrogens (tertiary/aromatic N) is 6. The zero-order chi connectivity index (χ0) is 72.3. The summed E-state index contributed by atoms with van der Waals surface area (Å²) in [6.45, 7) is 0. The molecule has 0 unspecified atom stereocenters. The van der Waals surface area contributed by atoms with E-state index in [2.05, 4.69) is 440 Å². The Morgan fingerprint density at radius 2 is 0.409 bits per heavy atom. The smallest absolute Gasteiger partial charge is 0.0546 e. The van der Waals surface area contributed by atoms with Gasteiger partial charge in [0, 0.05) is 99.1 Å². The van der Waals surface area contributed by atoms with Gasteiger partial charge < -0.3 is 27.7 Å². The average Bonchev–Trinajstić information content (AvgIpc) is 1.58. The first kappa shape index (κ1) is 62.6. The number of rotatable bonds is 10. The van der Waals surface area contributed by atoms with Crippen molar-refractivity contribution in [3.63, 3.8) is 0 Å². The molecule has 0 radical (unpaired) electrons. The van der Waals surface area contributed by atoms with Crippen LogP contribution in [0.1, 0.15) is 0 Å². The van der Waals surface area contributed by atoms with Crippen molar-refractivity contribution in [3.05, 3.63) is 413 Å². The number of hydrogen-bond acceptors (Lipinski definition) is 1. The molecule has 0 spiro atoms. The van der Waals surface area contributed by atoms with Gasteiger partial charge >= 0.3 is 0 Å². The minimum Gasteiger partial charge on any atom is -0.311 e. The van der Waals surface area contributed by atoms with Crippen molar-refractivity contribution >= 4 is 148 Å². The van der Waals surface area contributed by atoms with Crippen LogP contribution in [0.2, 0.25) is 0 Å². The highest BCUT2D eigenvalue weighted by molar-refractivity contribution is 6.18. The Balaban J connectivity index is 0.000000137.